The standard InChI is InChI=1S/C22H25N3O2/c26-21-15-19(17-25(21)20-9-5-2-6-10-20)22(27)24-13-11-23(12-14-24)16-18-7-3-1-4-8-18/h1-10,19H,11-17H2/p+1/t19-/m0/s1. The predicted molar refractivity (Wildman–Crippen MR) is 104 cm³/mol. The predicted octanol–water partition coefficient (Wildman–Crippen LogP) is 0.967. The Balaban J connectivity index is 1.31. The van der Waals surface area contributed by atoms with E-state index in [1.807, 2.05) is 41.3 Å². The maximum absolute atomic E-state index is 12.9. The summed E-state index contributed by atoms with van der Waals surface area (Å²) in [5, 5.41) is 0. The molecule has 2 heterocycles. The molecule has 0 spiro atoms. The van der Waals surface area contributed by atoms with E-state index in [1.54, 1.807) is 4.90 Å². The van der Waals surface area contributed by atoms with Gasteiger partial charge in [0.2, 0.25) is 11.8 Å². The van der Waals surface area contributed by atoms with Gasteiger partial charge in [-0.2, -0.15) is 0 Å². The molecule has 2 saturated heterocycles. The van der Waals surface area contributed by atoms with Crippen molar-refractivity contribution >= 4 is 17.5 Å². The lowest BCUT2D eigenvalue weighted by Gasteiger charge is -2.33. The number of amides is 2. The number of anilines is 1. The number of nitrogens with one attached hydrogen (secondary N) is 1. The zero-order valence-electron chi connectivity index (χ0n) is 15.5. The lowest BCUT2D eigenvalue weighted by Crippen LogP contribution is -3.13. The van der Waals surface area contributed by atoms with Crippen LogP contribution in [0, 0.1) is 5.92 Å². The van der Waals surface area contributed by atoms with Crippen LogP contribution in [-0.4, -0.2) is 49.4 Å². The molecule has 0 unspecified atom stereocenters. The molecule has 0 aromatic heterocycles. The molecule has 1 N–H and O–H groups in total. The highest BCUT2D eigenvalue weighted by atomic mass is 16.2. The number of nitrogens with zero attached hydrogens (tertiary/aromatic N) is 2. The van der Waals surface area contributed by atoms with Crippen LogP contribution in [0.5, 0.6) is 0 Å². The van der Waals surface area contributed by atoms with E-state index in [1.165, 1.54) is 10.5 Å². The highest BCUT2D eigenvalue weighted by Crippen LogP contribution is 2.26. The van der Waals surface area contributed by atoms with E-state index in [0.29, 0.717) is 13.0 Å². The first kappa shape index (κ1) is 17.7. The summed E-state index contributed by atoms with van der Waals surface area (Å²) >= 11 is 0. The van der Waals surface area contributed by atoms with Crippen LogP contribution in [0.2, 0.25) is 0 Å². The molecule has 5 heteroatoms. The van der Waals surface area contributed by atoms with E-state index >= 15 is 0 Å². The fourth-order valence-electron chi connectivity index (χ4n) is 4.09. The fraction of sp³-hybridized carbons (Fsp3) is 0.364. The first-order chi connectivity index (χ1) is 13.2. The first-order valence-electron chi connectivity index (χ1n) is 9.72. The highest BCUT2D eigenvalue weighted by molar-refractivity contribution is 6.00. The molecule has 2 fully saturated rings. The van der Waals surface area contributed by atoms with E-state index in [4.69, 9.17) is 0 Å². The Hall–Kier alpha value is -2.66. The Bertz CT molecular complexity index is 786. The van der Waals surface area contributed by atoms with Crippen LogP contribution in [0.1, 0.15) is 12.0 Å². The van der Waals surface area contributed by atoms with Gasteiger partial charge in [0.25, 0.3) is 0 Å². The van der Waals surface area contributed by atoms with Crippen molar-refractivity contribution in [3.63, 3.8) is 0 Å². The van der Waals surface area contributed by atoms with Gasteiger partial charge in [0.1, 0.15) is 6.54 Å². The zero-order chi connectivity index (χ0) is 18.6. The molecule has 2 aliphatic heterocycles. The van der Waals surface area contributed by atoms with Crippen LogP contribution >= 0.6 is 0 Å². The van der Waals surface area contributed by atoms with Crippen LogP contribution in [0.15, 0.2) is 60.7 Å². The normalized spacial score (nSPS) is 20.9. The van der Waals surface area contributed by atoms with E-state index in [0.717, 1.165) is 38.4 Å². The van der Waals surface area contributed by atoms with Crippen LogP contribution in [0.25, 0.3) is 0 Å². The number of carbonyl (C=O) groups excluding carboxylic acids is 2. The van der Waals surface area contributed by atoms with Gasteiger partial charge in [-0.1, -0.05) is 48.5 Å². The quantitative estimate of drug-likeness (QED) is 0.879. The monoisotopic (exact) mass is 364 g/mol. The number of hydrogen-bond acceptors (Lipinski definition) is 2. The molecule has 0 aliphatic carbocycles. The lowest BCUT2D eigenvalue weighted by molar-refractivity contribution is -0.917. The Labute approximate surface area is 160 Å². The minimum absolute atomic E-state index is 0.0490. The molecule has 0 bridgehead atoms. The molecular formula is C22H26N3O2+. The van der Waals surface area contributed by atoms with E-state index in [9.17, 15) is 9.59 Å². The zero-order valence-corrected chi connectivity index (χ0v) is 15.5. The second-order valence-corrected chi connectivity index (χ2v) is 7.48. The highest BCUT2D eigenvalue weighted by Gasteiger charge is 2.38. The van der Waals surface area contributed by atoms with Gasteiger partial charge in [-0.05, 0) is 12.1 Å². The van der Waals surface area contributed by atoms with Crippen molar-refractivity contribution < 1.29 is 14.5 Å². The fourth-order valence-corrected chi connectivity index (χ4v) is 4.09. The van der Waals surface area contributed by atoms with Crippen LogP contribution in [0.3, 0.4) is 0 Å². The summed E-state index contributed by atoms with van der Waals surface area (Å²) in [6.07, 6.45) is 0.324. The second kappa shape index (κ2) is 7.92. The summed E-state index contributed by atoms with van der Waals surface area (Å²) in [6.45, 7) is 4.98. The summed E-state index contributed by atoms with van der Waals surface area (Å²) in [6, 6.07) is 20.1. The topological polar surface area (TPSA) is 45.1 Å². The molecule has 2 aromatic carbocycles. The van der Waals surface area contributed by atoms with Crippen molar-refractivity contribution in [1.29, 1.82) is 0 Å². The first-order valence-corrected chi connectivity index (χ1v) is 9.72. The summed E-state index contributed by atoms with van der Waals surface area (Å²) in [7, 11) is 0. The van der Waals surface area contributed by atoms with E-state index in [2.05, 4.69) is 24.3 Å². The summed E-state index contributed by atoms with van der Waals surface area (Å²) < 4.78 is 0. The Morgan fingerprint density at radius 3 is 2.26 bits per heavy atom. The lowest BCUT2D eigenvalue weighted by atomic mass is 10.1. The van der Waals surface area contributed by atoms with Gasteiger partial charge >= 0.3 is 0 Å². The Morgan fingerprint density at radius 2 is 1.59 bits per heavy atom. The van der Waals surface area contributed by atoms with Gasteiger partial charge in [-0.15, -0.1) is 0 Å². The minimum Gasteiger partial charge on any atom is -0.331 e. The van der Waals surface area contributed by atoms with E-state index < -0.39 is 0 Å². The molecule has 5 nitrogen and oxygen atoms in total. The van der Waals surface area contributed by atoms with Gasteiger partial charge in [0, 0.05) is 24.2 Å². The summed E-state index contributed by atoms with van der Waals surface area (Å²) in [4.78, 5) is 30.5. The molecule has 2 amide bonds. The third kappa shape index (κ3) is 4.03. The van der Waals surface area contributed by atoms with Gasteiger partial charge in [0.15, 0.2) is 0 Å². The molecular weight excluding hydrogens is 338 g/mol. The maximum Gasteiger partial charge on any atom is 0.228 e. The number of hydrogen-bond donors (Lipinski definition) is 1. The molecule has 2 aromatic rings. The number of carbonyl (C=O) groups is 2. The van der Waals surface area contributed by atoms with Crippen molar-refractivity contribution in [3.8, 4) is 0 Å². The van der Waals surface area contributed by atoms with Crippen molar-refractivity contribution in [2.75, 3.05) is 37.6 Å². The molecule has 140 valence electrons. The van der Waals surface area contributed by atoms with Crippen molar-refractivity contribution in [3.05, 3.63) is 66.2 Å². The Kier molecular flexibility index (Phi) is 5.21. The summed E-state index contributed by atoms with van der Waals surface area (Å²) in [5.74, 6) is -0.0261. The average molecular weight is 364 g/mol. The number of piperazine rings is 1. The molecule has 0 radical (unpaired) electrons. The second-order valence-electron chi connectivity index (χ2n) is 7.48. The summed E-state index contributed by atoms with van der Waals surface area (Å²) in [5.41, 5.74) is 2.22. The van der Waals surface area contributed by atoms with Crippen LogP contribution in [0.4, 0.5) is 5.69 Å². The molecule has 4 rings (SSSR count). The minimum atomic E-state index is -0.214. The van der Waals surface area contributed by atoms with Gasteiger partial charge in [-0.25, -0.2) is 0 Å². The Morgan fingerprint density at radius 1 is 0.963 bits per heavy atom. The average Bonchev–Trinajstić information content (AvgIpc) is 3.11. The molecule has 1 atom stereocenters. The third-order valence-corrected chi connectivity index (χ3v) is 5.62. The van der Waals surface area contributed by atoms with Gasteiger partial charge < -0.3 is 14.7 Å². The van der Waals surface area contributed by atoms with Crippen molar-refractivity contribution in [2.45, 2.75) is 13.0 Å². The molecule has 2 aliphatic rings. The maximum atomic E-state index is 12.9. The smallest absolute Gasteiger partial charge is 0.228 e. The number of quaternary nitrogens is 1. The molecule has 27 heavy (non-hydrogen) atoms. The van der Waals surface area contributed by atoms with Crippen molar-refractivity contribution in [1.82, 2.24) is 4.90 Å². The van der Waals surface area contributed by atoms with Crippen LogP contribution in [-0.2, 0) is 16.1 Å². The van der Waals surface area contributed by atoms with E-state index in [-0.39, 0.29) is 17.7 Å². The molecule has 0 saturated carbocycles. The van der Waals surface area contributed by atoms with Gasteiger partial charge in [0.05, 0.1) is 32.1 Å². The third-order valence-electron chi connectivity index (χ3n) is 5.62. The SMILES string of the molecule is O=C([C@H]1CC(=O)N(c2ccccc2)C1)N1CC[NH+](Cc2ccccc2)CC1. The number of para-hydroxylation sites is 1. The van der Waals surface area contributed by atoms with Crippen molar-refractivity contribution in [2.24, 2.45) is 5.92 Å². The largest absolute Gasteiger partial charge is 0.331 e. The number of benzene rings is 2. The van der Waals surface area contributed by atoms with Crippen LogP contribution < -0.4 is 9.80 Å². The van der Waals surface area contributed by atoms with Gasteiger partial charge in [-0.3, -0.25) is 9.59 Å². The number of rotatable bonds is 4.